The summed E-state index contributed by atoms with van der Waals surface area (Å²) in [6.45, 7) is 7.70. The monoisotopic (exact) mass is 429 g/mol. The first-order chi connectivity index (χ1) is 15.8. The molecule has 8 heteroatoms. The zero-order valence-electron chi connectivity index (χ0n) is 18.2. The van der Waals surface area contributed by atoms with Crippen molar-refractivity contribution in [1.82, 2.24) is 35.1 Å². The summed E-state index contributed by atoms with van der Waals surface area (Å²) in [6, 6.07) is 12.7. The number of ether oxygens (including phenoxy) is 1. The number of rotatable bonds is 7. The highest BCUT2D eigenvalue weighted by molar-refractivity contribution is 5.81. The highest BCUT2D eigenvalue weighted by Gasteiger charge is 2.12. The molecule has 0 spiro atoms. The summed E-state index contributed by atoms with van der Waals surface area (Å²) >= 11 is 0. The van der Waals surface area contributed by atoms with E-state index in [1.54, 1.807) is 6.20 Å². The number of aromatic nitrogens is 5. The maximum Gasteiger partial charge on any atom is 0.316 e. The number of H-pyrrole nitrogens is 1. The molecule has 5 rings (SSSR count). The third-order valence-electron chi connectivity index (χ3n) is 5.58. The van der Waals surface area contributed by atoms with Gasteiger partial charge in [0.25, 0.3) is 0 Å². The van der Waals surface area contributed by atoms with E-state index in [1.807, 2.05) is 31.3 Å². The Morgan fingerprint density at radius 2 is 1.88 bits per heavy atom. The van der Waals surface area contributed by atoms with Gasteiger partial charge in [0.2, 0.25) is 0 Å². The fraction of sp³-hybridized carbons (Fsp3) is 0.333. The highest BCUT2D eigenvalue weighted by atomic mass is 16.5. The van der Waals surface area contributed by atoms with Gasteiger partial charge in [0.15, 0.2) is 0 Å². The van der Waals surface area contributed by atoms with Crippen LogP contribution in [-0.4, -0.2) is 62.6 Å². The van der Waals surface area contributed by atoms with E-state index in [0.29, 0.717) is 19.0 Å². The summed E-state index contributed by atoms with van der Waals surface area (Å²) in [6.07, 6.45) is 4.29. The Kier molecular flexibility index (Phi) is 6.04. The van der Waals surface area contributed by atoms with Crippen molar-refractivity contribution in [3.05, 3.63) is 65.9 Å². The Bertz CT molecular complexity index is 1200. The van der Waals surface area contributed by atoms with Crippen LogP contribution in [-0.2, 0) is 13.0 Å². The molecule has 1 aliphatic rings. The Balaban J connectivity index is 1.33. The lowest BCUT2D eigenvalue weighted by Crippen LogP contribution is -2.42. The van der Waals surface area contributed by atoms with E-state index in [0.717, 1.165) is 66.5 Å². The van der Waals surface area contributed by atoms with Gasteiger partial charge in [0.05, 0.1) is 23.3 Å². The molecule has 0 amide bonds. The van der Waals surface area contributed by atoms with Crippen molar-refractivity contribution in [2.24, 2.45) is 0 Å². The highest BCUT2D eigenvalue weighted by Crippen LogP contribution is 2.23. The quantitative estimate of drug-likeness (QED) is 0.467. The average Bonchev–Trinajstić information content (AvgIpc) is 3.22. The van der Waals surface area contributed by atoms with Crippen LogP contribution in [0.1, 0.15) is 24.0 Å². The zero-order chi connectivity index (χ0) is 21.8. The molecule has 2 N–H and O–H groups in total. The maximum atomic E-state index is 5.43. The average molecular weight is 430 g/mol. The summed E-state index contributed by atoms with van der Waals surface area (Å²) in [4.78, 5) is 23.9. The van der Waals surface area contributed by atoms with Gasteiger partial charge in [-0.2, -0.15) is 4.98 Å². The number of hydrogen-bond acceptors (Lipinski definition) is 7. The Labute approximate surface area is 187 Å². The molecule has 164 valence electrons. The molecule has 4 aromatic rings. The predicted octanol–water partition coefficient (Wildman–Crippen LogP) is 2.81. The fourth-order valence-electron chi connectivity index (χ4n) is 4.03. The molecule has 0 aliphatic carbocycles. The van der Waals surface area contributed by atoms with Gasteiger partial charge >= 0.3 is 6.01 Å². The van der Waals surface area contributed by atoms with Crippen LogP contribution in [0.3, 0.4) is 0 Å². The van der Waals surface area contributed by atoms with Crippen molar-refractivity contribution in [3.8, 4) is 17.3 Å². The number of hydrogen-bond donors (Lipinski definition) is 2. The van der Waals surface area contributed by atoms with Crippen LogP contribution in [0.2, 0.25) is 0 Å². The zero-order valence-corrected chi connectivity index (χ0v) is 18.2. The first-order valence-corrected chi connectivity index (χ1v) is 11.1. The minimum Gasteiger partial charge on any atom is -0.464 e. The van der Waals surface area contributed by atoms with E-state index >= 15 is 0 Å². The minimum absolute atomic E-state index is 0.391. The smallest absolute Gasteiger partial charge is 0.316 e. The van der Waals surface area contributed by atoms with Gasteiger partial charge in [-0.25, -0.2) is 9.97 Å². The molecule has 0 bridgehead atoms. The van der Waals surface area contributed by atoms with Crippen LogP contribution in [0.15, 0.2) is 48.8 Å². The minimum atomic E-state index is 0.391. The second-order valence-corrected chi connectivity index (χ2v) is 7.93. The first-order valence-electron chi connectivity index (χ1n) is 11.1. The Hall–Kier alpha value is -3.36. The molecule has 0 atom stereocenters. The van der Waals surface area contributed by atoms with Crippen LogP contribution < -0.4 is 10.1 Å². The number of benzene rings is 1. The van der Waals surface area contributed by atoms with Crippen molar-refractivity contribution in [3.63, 3.8) is 0 Å². The molecule has 8 nitrogen and oxygen atoms in total. The number of pyridine rings is 1. The first kappa shape index (κ1) is 20.5. The van der Waals surface area contributed by atoms with Gasteiger partial charge in [-0.1, -0.05) is 6.07 Å². The SMILES string of the molecule is CCOc1nccc(-c2ccc3nc(Cc4cc(CN5CCNCC5)ccn4)[nH]c3c2)n1. The lowest BCUT2D eigenvalue weighted by molar-refractivity contribution is 0.233. The van der Waals surface area contributed by atoms with Crippen molar-refractivity contribution in [2.75, 3.05) is 32.8 Å². The lowest BCUT2D eigenvalue weighted by Gasteiger charge is -2.27. The standard InChI is InChI=1S/C24H27N7O/c1-2-32-24-27-8-6-20(30-24)18-3-4-21-22(14-18)29-23(28-21)15-19-13-17(5-7-26-19)16-31-11-9-25-10-12-31/h3-8,13-14,25H,2,9-12,15-16H2,1H3,(H,28,29). The summed E-state index contributed by atoms with van der Waals surface area (Å²) < 4.78 is 5.43. The second kappa shape index (κ2) is 9.42. The molecule has 1 aromatic carbocycles. The molecule has 1 aliphatic heterocycles. The Morgan fingerprint density at radius 3 is 2.75 bits per heavy atom. The van der Waals surface area contributed by atoms with Gasteiger partial charge in [-0.3, -0.25) is 9.88 Å². The van der Waals surface area contributed by atoms with Crippen LogP contribution in [0, 0.1) is 0 Å². The molecule has 4 heterocycles. The summed E-state index contributed by atoms with van der Waals surface area (Å²) in [7, 11) is 0. The number of nitrogens with one attached hydrogen (secondary N) is 2. The number of piperazine rings is 1. The topological polar surface area (TPSA) is 91.9 Å². The van der Waals surface area contributed by atoms with Crippen LogP contribution in [0.25, 0.3) is 22.3 Å². The van der Waals surface area contributed by atoms with Crippen molar-refractivity contribution < 1.29 is 4.74 Å². The molecule has 1 fully saturated rings. The second-order valence-electron chi connectivity index (χ2n) is 7.93. The van der Waals surface area contributed by atoms with Crippen molar-refractivity contribution >= 4 is 11.0 Å². The molecule has 3 aromatic heterocycles. The molecular formula is C24H27N7O. The van der Waals surface area contributed by atoms with Gasteiger partial charge in [0.1, 0.15) is 5.82 Å². The van der Waals surface area contributed by atoms with E-state index in [9.17, 15) is 0 Å². The number of aromatic amines is 1. The summed E-state index contributed by atoms with van der Waals surface area (Å²) in [5.74, 6) is 0.904. The number of imidazole rings is 1. The molecule has 0 saturated carbocycles. The van der Waals surface area contributed by atoms with Gasteiger partial charge in [0, 0.05) is 62.8 Å². The van der Waals surface area contributed by atoms with Gasteiger partial charge in [-0.05, 0) is 42.8 Å². The third kappa shape index (κ3) is 4.76. The van der Waals surface area contributed by atoms with Crippen molar-refractivity contribution in [2.45, 2.75) is 19.9 Å². The molecule has 1 saturated heterocycles. The van der Waals surface area contributed by atoms with E-state index in [2.05, 4.69) is 48.4 Å². The van der Waals surface area contributed by atoms with E-state index in [4.69, 9.17) is 9.72 Å². The molecule has 0 unspecified atom stereocenters. The Morgan fingerprint density at radius 1 is 1.00 bits per heavy atom. The van der Waals surface area contributed by atoms with E-state index < -0.39 is 0 Å². The normalized spacial score (nSPS) is 14.7. The third-order valence-corrected chi connectivity index (χ3v) is 5.58. The lowest BCUT2D eigenvalue weighted by atomic mass is 10.1. The maximum absolute atomic E-state index is 5.43. The number of fused-ring (bicyclic) bond motifs is 1. The van der Waals surface area contributed by atoms with Crippen LogP contribution in [0.5, 0.6) is 6.01 Å². The van der Waals surface area contributed by atoms with Crippen molar-refractivity contribution in [1.29, 1.82) is 0 Å². The van der Waals surface area contributed by atoms with Crippen LogP contribution >= 0.6 is 0 Å². The molecule has 32 heavy (non-hydrogen) atoms. The predicted molar refractivity (Wildman–Crippen MR) is 123 cm³/mol. The van der Waals surface area contributed by atoms with Crippen LogP contribution in [0.4, 0.5) is 0 Å². The van der Waals surface area contributed by atoms with E-state index in [1.165, 1.54) is 5.56 Å². The number of nitrogens with zero attached hydrogens (tertiary/aromatic N) is 5. The van der Waals surface area contributed by atoms with Gasteiger partial charge < -0.3 is 15.0 Å². The molecule has 0 radical (unpaired) electrons. The fourth-order valence-corrected chi connectivity index (χ4v) is 4.03. The van der Waals surface area contributed by atoms with E-state index in [-0.39, 0.29) is 0 Å². The summed E-state index contributed by atoms with van der Waals surface area (Å²) in [5, 5.41) is 3.40. The van der Waals surface area contributed by atoms with Gasteiger partial charge in [-0.15, -0.1) is 0 Å². The largest absolute Gasteiger partial charge is 0.464 e. The molecular weight excluding hydrogens is 402 g/mol. The summed E-state index contributed by atoms with van der Waals surface area (Å²) in [5.41, 5.74) is 6.04.